The van der Waals surface area contributed by atoms with Gasteiger partial charge in [-0.25, -0.2) is 0 Å². The number of hydrogen-bond donors (Lipinski definition) is 1. The molecule has 2 heterocycles. The summed E-state index contributed by atoms with van der Waals surface area (Å²) in [4.78, 5) is 2.32. The summed E-state index contributed by atoms with van der Waals surface area (Å²) in [5, 5.41) is 9.03. The minimum Gasteiger partial charge on any atom is -0.342 e. The minimum absolute atomic E-state index is 0.463. The Bertz CT molecular complexity index is 262. The molecule has 4 nitrogen and oxygen atoms in total. The van der Waals surface area contributed by atoms with E-state index in [4.69, 9.17) is 5.73 Å². The maximum Gasteiger partial charge on any atom is 0.208 e. The third-order valence-corrected chi connectivity index (χ3v) is 3.47. The average molecular weight is 212 g/mol. The van der Waals surface area contributed by atoms with Gasteiger partial charge >= 0.3 is 0 Å². The summed E-state index contributed by atoms with van der Waals surface area (Å²) in [6, 6.07) is 0.463. The van der Waals surface area contributed by atoms with Gasteiger partial charge in [0, 0.05) is 19.1 Å². The van der Waals surface area contributed by atoms with Crippen molar-refractivity contribution in [1.29, 1.82) is 0 Å². The van der Waals surface area contributed by atoms with Crippen molar-refractivity contribution in [3.8, 4) is 0 Å². The number of hydrogen-bond acceptors (Lipinski definition) is 5. The highest BCUT2D eigenvalue weighted by Gasteiger charge is 2.21. The van der Waals surface area contributed by atoms with Crippen LogP contribution in [0.4, 0.5) is 5.13 Å². The van der Waals surface area contributed by atoms with Gasteiger partial charge in [-0.15, -0.1) is 10.2 Å². The van der Waals surface area contributed by atoms with Gasteiger partial charge in [0.05, 0.1) is 0 Å². The Labute approximate surface area is 88.1 Å². The fourth-order valence-electron chi connectivity index (χ4n) is 1.97. The highest BCUT2D eigenvalue weighted by atomic mass is 32.1. The van der Waals surface area contributed by atoms with E-state index in [0.29, 0.717) is 6.04 Å². The largest absolute Gasteiger partial charge is 0.342 e. The lowest BCUT2D eigenvalue weighted by molar-refractivity contribution is 0.578. The molecule has 2 rings (SSSR count). The Morgan fingerprint density at radius 2 is 2.43 bits per heavy atom. The zero-order valence-corrected chi connectivity index (χ0v) is 9.04. The predicted octanol–water partition coefficient (Wildman–Crippen LogP) is 1.25. The molecule has 5 heteroatoms. The Balaban J connectivity index is 2.12. The second-order valence-corrected chi connectivity index (χ2v) is 4.47. The van der Waals surface area contributed by atoms with Crippen molar-refractivity contribution in [2.75, 3.05) is 18.0 Å². The van der Waals surface area contributed by atoms with Crippen molar-refractivity contribution in [2.45, 2.75) is 31.7 Å². The zero-order chi connectivity index (χ0) is 9.80. The van der Waals surface area contributed by atoms with E-state index in [1.165, 1.54) is 25.7 Å². The zero-order valence-electron chi connectivity index (χ0n) is 8.22. The normalized spacial score (nSPS) is 23.5. The van der Waals surface area contributed by atoms with E-state index in [1.807, 2.05) is 0 Å². The molecular formula is C9H16N4S. The molecule has 2 N–H and O–H groups in total. The maximum atomic E-state index is 5.78. The fraction of sp³-hybridized carbons (Fsp3) is 0.778. The molecule has 1 aromatic heterocycles. The number of aromatic nitrogens is 2. The highest BCUT2D eigenvalue weighted by Crippen LogP contribution is 2.24. The van der Waals surface area contributed by atoms with Gasteiger partial charge in [-0.1, -0.05) is 24.2 Å². The van der Waals surface area contributed by atoms with E-state index in [0.717, 1.165) is 18.2 Å². The van der Waals surface area contributed by atoms with E-state index in [1.54, 1.807) is 16.8 Å². The van der Waals surface area contributed by atoms with Crippen molar-refractivity contribution in [2.24, 2.45) is 5.73 Å². The molecule has 1 aromatic rings. The monoisotopic (exact) mass is 212 g/mol. The van der Waals surface area contributed by atoms with E-state index < -0.39 is 0 Å². The van der Waals surface area contributed by atoms with Crippen molar-refractivity contribution in [1.82, 2.24) is 10.2 Å². The molecule has 1 aliphatic heterocycles. The molecule has 1 aliphatic rings. The van der Waals surface area contributed by atoms with Gasteiger partial charge in [0.1, 0.15) is 5.51 Å². The lowest BCUT2D eigenvalue weighted by atomic mass is 10.1. The smallest absolute Gasteiger partial charge is 0.208 e. The van der Waals surface area contributed by atoms with E-state index in [9.17, 15) is 0 Å². The average Bonchev–Trinajstić information content (AvgIpc) is 2.63. The molecule has 78 valence electrons. The second kappa shape index (κ2) is 4.70. The SMILES string of the molecule is NCC1CCCCCN1c1nncs1. The molecule has 0 aliphatic carbocycles. The van der Waals surface area contributed by atoms with Gasteiger partial charge in [-0.05, 0) is 12.8 Å². The molecule has 1 fully saturated rings. The summed E-state index contributed by atoms with van der Waals surface area (Å²) >= 11 is 1.61. The Morgan fingerprint density at radius 1 is 1.50 bits per heavy atom. The first-order valence-electron chi connectivity index (χ1n) is 5.14. The molecule has 14 heavy (non-hydrogen) atoms. The van der Waals surface area contributed by atoms with Crippen LogP contribution < -0.4 is 10.6 Å². The lowest BCUT2D eigenvalue weighted by Gasteiger charge is -2.27. The maximum absolute atomic E-state index is 5.78. The van der Waals surface area contributed by atoms with Crippen LogP contribution in [-0.2, 0) is 0 Å². The standard InChI is InChI=1S/C9H16N4S/c10-6-8-4-2-1-3-5-13(8)9-12-11-7-14-9/h7-8H,1-6,10H2. The van der Waals surface area contributed by atoms with Crippen LogP contribution in [0.5, 0.6) is 0 Å². The van der Waals surface area contributed by atoms with Crippen LogP contribution in [0.15, 0.2) is 5.51 Å². The van der Waals surface area contributed by atoms with Crippen LogP contribution in [0.2, 0.25) is 0 Å². The molecule has 0 saturated carbocycles. The number of nitrogens with zero attached hydrogens (tertiary/aromatic N) is 3. The highest BCUT2D eigenvalue weighted by molar-refractivity contribution is 7.13. The molecule has 1 unspecified atom stereocenters. The van der Waals surface area contributed by atoms with Crippen LogP contribution in [0.3, 0.4) is 0 Å². The van der Waals surface area contributed by atoms with E-state index in [2.05, 4.69) is 15.1 Å². The first-order chi connectivity index (χ1) is 6.92. The number of rotatable bonds is 2. The summed E-state index contributed by atoms with van der Waals surface area (Å²) < 4.78 is 0. The first kappa shape index (κ1) is 9.86. The molecule has 1 saturated heterocycles. The third-order valence-electron chi connectivity index (χ3n) is 2.74. The quantitative estimate of drug-likeness (QED) is 0.801. The first-order valence-corrected chi connectivity index (χ1v) is 6.02. The molecule has 0 amide bonds. The second-order valence-electron chi connectivity index (χ2n) is 3.65. The summed E-state index contributed by atoms with van der Waals surface area (Å²) in [5.41, 5.74) is 7.57. The molecule has 0 aromatic carbocycles. The number of anilines is 1. The number of nitrogens with two attached hydrogens (primary N) is 1. The van der Waals surface area contributed by atoms with Crippen LogP contribution in [-0.4, -0.2) is 29.3 Å². The topological polar surface area (TPSA) is 55.0 Å². The molecule has 0 bridgehead atoms. The van der Waals surface area contributed by atoms with Crippen molar-refractivity contribution in [3.05, 3.63) is 5.51 Å². The Kier molecular flexibility index (Phi) is 3.31. The van der Waals surface area contributed by atoms with Crippen molar-refractivity contribution in [3.63, 3.8) is 0 Å². The van der Waals surface area contributed by atoms with Gasteiger partial charge < -0.3 is 10.6 Å². The van der Waals surface area contributed by atoms with Crippen LogP contribution in [0, 0.1) is 0 Å². The third kappa shape index (κ3) is 2.04. The fourth-order valence-corrected chi connectivity index (χ4v) is 2.63. The van der Waals surface area contributed by atoms with Crippen molar-refractivity contribution >= 4 is 16.5 Å². The van der Waals surface area contributed by atoms with Crippen LogP contribution in [0.25, 0.3) is 0 Å². The Hall–Kier alpha value is -0.680. The van der Waals surface area contributed by atoms with Gasteiger partial charge in [0.2, 0.25) is 5.13 Å². The summed E-state index contributed by atoms with van der Waals surface area (Å²) in [5.74, 6) is 0. The van der Waals surface area contributed by atoms with Crippen molar-refractivity contribution < 1.29 is 0 Å². The van der Waals surface area contributed by atoms with Gasteiger partial charge in [-0.2, -0.15) is 0 Å². The molecule has 0 spiro atoms. The van der Waals surface area contributed by atoms with Gasteiger partial charge in [0.25, 0.3) is 0 Å². The van der Waals surface area contributed by atoms with E-state index in [-0.39, 0.29) is 0 Å². The predicted molar refractivity (Wildman–Crippen MR) is 58.6 cm³/mol. The lowest BCUT2D eigenvalue weighted by Crippen LogP contribution is -2.40. The summed E-state index contributed by atoms with van der Waals surface area (Å²) in [7, 11) is 0. The summed E-state index contributed by atoms with van der Waals surface area (Å²) in [6.07, 6.45) is 5.04. The van der Waals surface area contributed by atoms with Crippen LogP contribution >= 0.6 is 11.3 Å². The molecule has 1 atom stereocenters. The van der Waals surface area contributed by atoms with Crippen LogP contribution in [0.1, 0.15) is 25.7 Å². The van der Waals surface area contributed by atoms with Gasteiger partial charge in [0.15, 0.2) is 0 Å². The molecular weight excluding hydrogens is 196 g/mol. The minimum atomic E-state index is 0.463. The Morgan fingerprint density at radius 3 is 3.14 bits per heavy atom. The van der Waals surface area contributed by atoms with Gasteiger partial charge in [-0.3, -0.25) is 0 Å². The molecule has 0 radical (unpaired) electrons. The van der Waals surface area contributed by atoms with E-state index >= 15 is 0 Å². The summed E-state index contributed by atoms with van der Waals surface area (Å²) in [6.45, 7) is 1.80.